The Bertz CT molecular complexity index is 953. The Morgan fingerprint density at radius 3 is 2.53 bits per heavy atom. The van der Waals surface area contributed by atoms with Crippen molar-refractivity contribution >= 4 is 29.3 Å². The fraction of sp³-hybridized carbons (Fsp3) is 0.364. The normalized spacial score (nSPS) is 21.2. The van der Waals surface area contributed by atoms with Crippen molar-refractivity contribution in [3.8, 4) is 11.5 Å². The molecule has 2 heterocycles. The van der Waals surface area contributed by atoms with Crippen LogP contribution < -0.4 is 14.4 Å². The van der Waals surface area contributed by atoms with Gasteiger partial charge in [-0.3, -0.25) is 9.59 Å². The molecule has 0 bridgehead atoms. The Hall–Kier alpha value is -2.74. The highest BCUT2D eigenvalue weighted by molar-refractivity contribution is 7.99. The minimum atomic E-state index is -0.413. The summed E-state index contributed by atoms with van der Waals surface area (Å²) in [5.41, 5.74) is 1.58. The molecule has 2 atom stereocenters. The van der Waals surface area contributed by atoms with E-state index in [0.717, 1.165) is 11.3 Å². The second kappa shape index (κ2) is 8.55. The third kappa shape index (κ3) is 3.84. The average Bonchev–Trinajstić information content (AvgIpc) is 3.40. The van der Waals surface area contributed by atoms with Gasteiger partial charge >= 0.3 is 0 Å². The zero-order chi connectivity index (χ0) is 21.3. The van der Waals surface area contributed by atoms with Gasteiger partial charge in [0.25, 0.3) is 0 Å². The van der Waals surface area contributed by atoms with Gasteiger partial charge in [0, 0.05) is 31.0 Å². The van der Waals surface area contributed by atoms with Crippen LogP contribution in [0.25, 0.3) is 0 Å². The van der Waals surface area contributed by atoms with E-state index in [1.165, 1.54) is 12.1 Å². The topological polar surface area (TPSA) is 59.1 Å². The Balaban J connectivity index is 1.51. The van der Waals surface area contributed by atoms with Crippen LogP contribution in [0.1, 0.15) is 17.4 Å². The number of carbonyl (C=O) groups excluding carboxylic acids is 2. The van der Waals surface area contributed by atoms with Crippen molar-refractivity contribution in [1.29, 1.82) is 0 Å². The smallest absolute Gasteiger partial charge is 0.229 e. The van der Waals surface area contributed by atoms with Crippen molar-refractivity contribution in [2.24, 2.45) is 5.92 Å². The van der Waals surface area contributed by atoms with Gasteiger partial charge in [0.05, 0.1) is 20.1 Å². The number of halogens is 1. The summed E-state index contributed by atoms with van der Waals surface area (Å²) in [4.78, 5) is 29.2. The summed E-state index contributed by atoms with van der Waals surface area (Å²) in [5.74, 6) is 1.17. The molecule has 2 aromatic rings. The Labute approximate surface area is 178 Å². The van der Waals surface area contributed by atoms with Crippen LogP contribution in [-0.2, 0) is 9.59 Å². The van der Waals surface area contributed by atoms with E-state index in [4.69, 9.17) is 9.47 Å². The Morgan fingerprint density at radius 2 is 1.83 bits per heavy atom. The molecule has 8 heteroatoms. The predicted octanol–water partition coefficient (Wildman–Crippen LogP) is 3.47. The number of methoxy groups -OCH3 is 2. The van der Waals surface area contributed by atoms with Crippen LogP contribution in [0.4, 0.5) is 10.1 Å². The van der Waals surface area contributed by atoms with E-state index < -0.39 is 5.92 Å². The lowest BCUT2D eigenvalue weighted by molar-refractivity contribution is -0.136. The highest BCUT2D eigenvalue weighted by atomic mass is 32.2. The van der Waals surface area contributed by atoms with Crippen molar-refractivity contribution in [2.45, 2.75) is 11.8 Å². The molecule has 2 aromatic carbocycles. The molecular weight excluding hydrogens is 407 g/mol. The molecule has 158 valence electrons. The predicted molar refractivity (Wildman–Crippen MR) is 113 cm³/mol. The summed E-state index contributed by atoms with van der Waals surface area (Å²) in [6.07, 6.45) is 0.163. The van der Waals surface area contributed by atoms with Crippen LogP contribution in [0.15, 0.2) is 42.5 Å². The molecule has 2 aliphatic rings. The van der Waals surface area contributed by atoms with Crippen molar-refractivity contribution in [1.82, 2.24) is 4.90 Å². The van der Waals surface area contributed by atoms with Crippen molar-refractivity contribution in [2.75, 3.05) is 38.0 Å². The standard InChI is InChI=1S/C22H23FN2O4S/c1-28-18-8-3-14(11-19(18)29-2)22-24(9-10-30-22)21(27)15-12-20(26)25(13-15)17-6-4-16(23)5-7-17/h3-8,11,15,22H,9-10,12-13H2,1-2H3. The monoisotopic (exact) mass is 430 g/mol. The SMILES string of the molecule is COc1ccc(C2SCCN2C(=O)C2CC(=O)N(c3ccc(F)cc3)C2)cc1OC. The second-order valence-corrected chi connectivity index (χ2v) is 8.44. The molecule has 2 fully saturated rings. The van der Waals surface area contributed by atoms with Crippen molar-refractivity contribution < 1.29 is 23.5 Å². The number of carbonyl (C=O) groups is 2. The van der Waals surface area contributed by atoms with Gasteiger partial charge in [-0.15, -0.1) is 11.8 Å². The number of thioether (sulfide) groups is 1. The van der Waals surface area contributed by atoms with Gasteiger partial charge in [-0.05, 0) is 42.0 Å². The average molecular weight is 431 g/mol. The number of anilines is 1. The first kappa shape index (κ1) is 20.5. The van der Waals surface area contributed by atoms with E-state index in [1.807, 2.05) is 23.1 Å². The van der Waals surface area contributed by atoms with Gasteiger partial charge in [0.2, 0.25) is 11.8 Å². The molecule has 2 unspecified atom stereocenters. The van der Waals surface area contributed by atoms with Gasteiger partial charge in [-0.1, -0.05) is 6.07 Å². The maximum absolute atomic E-state index is 13.3. The summed E-state index contributed by atoms with van der Waals surface area (Å²) >= 11 is 1.69. The zero-order valence-corrected chi connectivity index (χ0v) is 17.7. The first-order chi connectivity index (χ1) is 14.5. The molecule has 0 spiro atoms. The second-order valence-electron chi connectivity index (χ2n) is 7.25. The number of benzene rings is 2. The molecule has 2 aliphatic heterocycles. The zero-order valence-electron chi connectivity index (χ0n) is 16.8. The van der Waals surface area contributed by atoms with Crippen molar-refractivity contribution in [3.63, 3.8) is 0 Å². The third-order valence-corrected chi connectivity index (χ3v) is 6.74. The molecule has 6 nitrogen and oxygen atoms in total. The van der Waals surface area contributed by atoms with Crippen LogP contribution in [0.2, 0.25) is 0 Å². The van der Waals surface area contributed by atoms with E-state index in [-0.39, 0.29) is 29.4 Å². The summed E-state index contributed by atoms with van der Waals surface area (Å²) in [7, 11) is 3.17. The molecule has 2 amide bonds. The van der Waals surface area contributed by atoms with Gasteiger partial charge < -0.3 is 19.3 Å². The lowest BCUT2D eigenvalue weighted by Gasteiger charge is -2.27. The fourth-order valence-corrected chi connectivity index (χ4v) is 5.21. The maximum atomic E-state index is 13.3. The van der Waals surface area contributed by atoms with E-state index in [0.29, 0.717) is 30.3 Å². The van der Waals surface area contributed by atoms with Crippen LogP contribution in [0, 0.1) is 11.7 Å². The molecule has 2 saturated heterocycles. The summed E-state index contributed by atoms with van der Waals surface area (Å²) < 4.78 is 23.9. The lowest BCUT2D eigenvalue weighted by Crippen LogP contribution is -2.37. The minimum Gasteiger partial charge on any atom is -0.493 e. The molecule has 0 saturated carbocycles. The summed E-state index contributed by atoms with van der Waals surface area (Å²) in [6.45, 7) is 0.937. The van der Waals surface area contributed by atoms with Crippen LogP contribution in [0.3, 0.4) is 0 Å². The molecule has 4 rings (SSSR count). The number of ether oxygens (including phenoxy) is 2. The van der Waals surface area contributed by atoms with Gasteiger partial charge in [0.1, 0.15) is 11.2 Å². The minimum absolute atomic E-state index is 0.0299. The fourth-order valence-electron chi connectivity index (χ4n) is 3.96. The molecule has 30 heavy (non-hydrogen) atoms. The first-order valence-corrected chi connectivity index (χ1v) is 10.8. The summed E-state index contributed by atoms with van der Waals surface area (Å²) in [6, 6.07) is 11.5. The number of rotatable bonds is 5. The first-order valence-electron chi connectivity index (χ1n) is 9.71. The lowest BCUT2D eigenvalue weighted by atomic mass is 10.1. The number of hydrogen-bond donors (Lipinski definition) is 0. The largest absolute Gasteiger partial charge is 0.493 e. The van der Waals surface area contributed by atoms with Crippen LogP contribution in [0.5, 0.6) is 11.5 Å². The maximum Gasteiger partial charge on any atom is 0.229 e. The highest BCUT2D eigenvalue weighted by Gasteiger charge is 2.41. The van der Waals surface area contributed by atoms with Gasteiger partial charge in [0.15, 0.2) is 11.5 Å². The molecule has 0 aliphatic carbocycles. The molecular formula is C22H23FN2O4S. The Morgan fingerprint density at radius 1 is 1.10 bits per heavy atom. The summed E-state index contributed by atoms with van der Waals surface area (Å²) in [5, 5.41) is -0.132. The molecule has 0 aromatic heterocycles. The van der Waals surface area contributed by atoms with Crippen LogP contribution in [-0.4, -0.2) is 49.8 Å². The quantitative estimate of drug-likeness (QED) is 0.727. The van der Waals surface area contributed by atoms with Gasteiger partial charge in [-0.2, -0.15) is 0 Å². The highest BCUT2D eigenvalue weighted by Crippen LogP contribution is 2.42. The number of nitrogens with zero attached hydrogens (tertiary/aromatic N) is 2. The van der Waals surface area contributed by atoms with E-state index in [1.54, 1.807) is 43.0 Å². The van der Waals surface area contributed by atoms with E-state index >= 15 is 0 Å². The van der Waals surface area contributed by atoms with Crippen LogP contribution >= 0.6 is 11.8 Å². The molecule has 0 radical (unpaired) electrons. The molecule has 0 N–H and O–H groups in total. The van der Waals surface area contributed by atoms with E-state index in [9.17, 15) is 14.0 Å². The number of hydrogen-bond acceptors (Lipinski definition) is 5. The van der Waals surface area contributed by atoms with Crippen molar-refractivity contribution in [3.05, 3.63) is 53.8 Å². The number of amides is 2. The van der Waals surface area contributed by atoms with Gasteiger partial charge in [-0.25, -0.2) is 4.39 Å². The Kier molecular flexibility index (Phi) is 5.85. The third-order valence-electron chi connectivity index (χ3n) is 5.48. The van der Waals surface area contributed by atoms with E-state index in [2.05, 4.69) is 0 Å².